The van der Waals surface area contributed by atoms with Crippen LogP contribution in [0.3, 0.4) is 0 Å². The molecule has 4 rings (SSSR count). The third-order valence-corrected chi connectivity index (χ3v) is 5.37. The first-order chi connectivity index (χ1) is 14.5. The normalized spacial score (nSPS) is 11.9. The van der Waals surface area contributed by atoms with Gasteiger partial charge in [0, 0.05) is 12.0 Å². The van der Waals surface area contributed by atoms with Gasteiger partial charge in [-0.3, -0.25) is 9.59 Å². The van der Waals surface area contributed by atoms with Crippen molar-refractivity contribution in [2.45, 2.75) is 19.8 Å². The minimum atomic E-state index is -0.486. The molecule has 2 aromatic carbocycles. The molecule has 0 fully saturated rings. The molecule has 0 saturated carbocycles. The maximum Gasteiger partial charge on any atom is 0.296 e. The lowest BCUT2D eigenvalue weighted by Gasteiger charge is -2.05. The van der Waals surface area contributed by atoms with Crippen LogP contribution in [0.1, 0.15) is 30.2 Å². The van der Waals surface area contributed by atoms with Crippen LogP contribution in [0.25, 0.3) is 11.0 Å². The lowest BCUT2D eigenvalue weighted by Crippen LogP contribution is -2.28. The quantitative estimate of drug-likeness (QED) is 0.477. The highest BCUT2D eigenvalue weighted by Gasteiger charge is 2.12. The number of benzene rings is 2. The molecule has 0 saturated heterocycles. The summed E-state index contributed by atoms with van der Waals surface area (Å²) in [6.45, 7) is 2.67. The van der Waals surface area contributed by atoms with E-state index in [0.717, 1.165) is 33.6 Å². The molecular formula is C22H18FN3O3S. The van der Waals surface area contributed by atoms with E-state index in [4.69, 9.17) is 4.74 Å². The second-order valence-corrected chi connectivity index (χ2v) is 7.67. The first-order valence-electron chi connectivity index (χ1n) is 9.46. The minimum Gasteiger partial charge on any atom is -0.494 e. The van der Waals surface area contributed by atoms with Gasteiger partial charge in [-0.2, -0.15) is 14.6 Å². The third kappa shape index (κ3) is 4.13. The molecule has 0 spiro atoms. The lowest BCUT2D eigenvalue weighted by atomic mass is 10.1. The summed E-state index contributed by atoms with van der Waals surface area (Å²) < 4.78 is 20.8. The van der Waals surface area contributed by atoms with Crippen LogP contribution < -0.4 is 20.4 Å². The molecular weight excluding hydrogens is 405 g/mol. The van der Waals surface area contributed by atoms with Crippen LogP contribution in [0.15, 0.2) is 58.1 Å². The first-order valence-corrected chi connectivity index (χ1v) is 10.3. The van der Waals surface area contributed by atoms with Gasteiger partial charge in [-0.05, 0) is 36.3 Å². The Morgan fingerprint density at radius 2 is 1.90 bits per heavy atom. The van der Waals surface area contributed by atoms with E-state index in [9.17, 15) is 14.0 Å². The van der Waals surface area contributed by atoms with Crippen molar-refractivity contribution >= 4 is 22.4 Å². The fourth-order valence-corrected chi connectivity index (χ4v) is 3.80. The second-order valence-electron chi connectivity index (χ2n) is 6.66. The number of rotatable bonds is 6. The SMILES string of the molecule is CCCOc1ccc(Cc2nn3c(=O)/c(=C\c4ccccc4F)sc3nc2=O)cc1. The van der Waals surface area contributed by atoms with Gasteiger partial charge in [-0.1, -0.05) is 48.6 Å². The Bertz CT molecular complexity index is 1360. The molecule has 0 atom stereocenters. The highest BCUT2D eigenvalue weighted by atomic mass is 32.1. The number of thiazole rings is 1. The Morgan fingerprint density at radius 1 is 1.13 bits per heavy atom. The zero-order valence-electron chi connectivity index (χ0n) is 16.2. The molecule has 4 aromatic rings. The monoisotopic (exact) mass is 423 g/mol. The maximum absolute atomic E-state index is 13.9. The largest absolute Gasteiger partial charge is 0.494 e. The topological polar surface area (TPSA) is 73.6 Å². The third-order valence-electron chi connectivity index (χ3n) is 4.41. The second kappa shape index (κ2) is 8.54. The Morgan fingerprint density at radius 3 is 2.63 bits per heavy atom. The molecule has 0 radical (unpaired) electrons. The Labute approximate surface area is 174 Å². The van der Waals surface area contributed by atoms with Crippen molar-refractivity contribution in [1.29, 1.82) is 0 Å². The summed E-state index contributed by atoms with van der Waals surface area (Å²) in [7, 11) is 0. The lowest BCUT2D eigenvalue weighted by molar-refractivity contribution is 0.317. The fourth-order valence-electron chi connectivity index (χ4n) is 2.90. The summed E-state index contributed by atoms with van der Waals surface area (Å²) in [5.41, 5.74) is 0.387. The van der Waals surface area contributed by atoms with E-state index in [1.165, 1.54) is 12.1 Å². The van der Waals surface area contributed by atoms with Crippen LogP contribution in [-0.2, 0) is 6.42 Å². The molecule has 0 N–H and O–H groups in total. The van der Waals surface area contributed by atoms with Gasteiger partial charge in [0.2, 0.25) is 4.96 Å². The number of hydrogen-bond donors (Lipinski definition) is 0. The summed E-state index contributed by atoms with van der Waals surface area (Å²) >= 11 is 1.00. The number of ether oxygens (including phenoxy) is 1. The molecule has 152 valence electrons. The first kappa shape index (κ1) is 19.9. The Balaban J connectivity index is 1.68. The summed E-state index contributed by atoms with van der Waals surface area (Å²) in [6.07, 6.45) is 2.60. The molecule has 0 unspecified atom stereocenters. The van der Waals surface area contributed by atoms with Gasteiger partial charge in [-0.25, -0.2) is 4.39 Å². The summed E-state index contributed by atoms with van der Waals surface area (Å²) in [6, 6.07) is 13.5. The number of halogens is 1. The number of fused-ring (bicyclic) bond motifs is 1. The van der Waals surface area contributed by atoms with Crippen LogP contribution in [0.4, 0.5) is 4.39 Å². The van der Waals surface area contributed by atoms with Gasteiger partial charge < -0.3 is 4.74 Å². The van der Waals surface area contributed by atoms with Gasteiger partial charge in [-0.15, -0.1) is 0 Å². The van der Waals surface area contributed by atoms with Crippen LogP contribution in [-0.4, -0.2) is 21.2 Å². The maximum atomic E-state index is 13.9. The van der Waals surface area contributed by atoms with Gasteiger partial charge in [0.1, 0.15) is 17.3 Å². The summed E-state index contributed by atoms with van der Waals surface area (Å²) in [5, 5.41) is 4.22. The molecule has 2 heterocycles. The van der Waals surface area contributed by atoms with E-state index in [2.05, 4.69) is 10.1 Å². The van der Waals surface area contributed by atoms with E-state index in [1.54, 1.807) is 18.2 Å². The predicted molar refractivity (Wildman–Crippen MR) is 114 cm³/mol. The van der Waals surface area contributed by atoms with E-state index in [-0.39, 0.29) is 27.2 Å². The zero-order chi connectivity index (χ0) is 21.1. The average Bonchev–Trinajstić information content (AvgIpc) is 3.04. The molecule has 6 nitrogen and oxygen atoms in total. The Kier molecular flexibility index (Phi) is 5.67. The zero-order valence-corrected chi connectivity index (χ0v) is 17.0. The Hall–Kier alpha value is -3.39. The molecule has 30 heavy (non-hydrogen) atoms. The minimum absolute atomic E-state index is 0.169. The number of hydrogen-bond acceptors (Lipinski definition) is 6. The predicted octanol–water partition coefficient (Wildman–Crippen LogP) is 2.58. The molecule has 0 aliphatic rings. The highest BCUT2D eigenvalue weighted by Crippen LogP contribution is 2.14. The van der Waals surface area contributed by atoms with Crippen molar-refractivity contribution in [3.05, 3.63) is 96.4 Å². The molecule has 0 amide bonds. The van der Waals surface area contributed by atoms with Gasteiger partial charge in [0.25, 0.3) is 11.1 Å². The highest BCUT2D eigenvalue weighted by molar-refractivity contribution is 7.15. The van der Waals surface area contributed by atoms with Gasteiger partial charge in [0.05, 0.1) is 11.1 Å². The smallest absolute Gasteiger partial charge is 0.296 e. The van der Waals surface area contributed by atoms with Crippen molar-refractivity contribution in [3.8, 4) is 5.75 Å². The standard InChI is InChI=1S/C22H18FN3O3S/c1-2-11-29-16-9-7-14(8-10-16)12-18-20(27)24-22-26(25-18)21(28)19(30-22)13-15-5-3-4-6-17(15)23/h3-10,13H,2,11-12H2,1H3/b19-13+. The van der Waals surface area contributed by atoms with Crippen molar-refractivity contribution in [3.63, 3.8) is 0 Å². The van der Waals surface area contributed by atoms with Crippen molar-refractivity contribution in [2.75, 3.05) is 6.61 Å². The van der Waals surface area contributed by atoms with Crippen molar-refractivity contribution in [1.82, 2.24) is 14.6 Å². The van der Waals surface area contributed by atoms with E-state index in [0.29, 0.717) is 6.61 Å². The van der Waals surface area contributed by atoms with Crippen LogP contribution in [0, 0.1) is 5.82 Å². The van der Waals surface area contributed by atoms with Crippen LogP contribution in [0.5, 0.6) is 5.75 Å². The van der Waals surface area contributed by atoms with Crippen LogP contribution in [0.2, 0.25) is 0 Å². The molecule has 0 aliphatic heterocycles. The van der Waals surface area contributed by atoms with Crippen molar-refractivity contribution < 1.29 is 9.13 Å². The summed E-state index contributed by atoms with van der Waals surface area (Å²) in [5.74, 6) is 0.323. The van der Waals surface area contributed by atoms with E-state index >= 15 is 0 Å². The van der Waals surface area contributed by atoms with E-state index in [1.807, 2.05) is 31.2 Å². The van der Waals surface area contributed by atoms with Gasteiger partial charge in [0.15, 0.2) is 0 Å². The number of nitrogens with zero attached hydrogens (tertiary/aromatic N) is 3. The van der Waals surface area contributed by atoms with Crippen LogP contribution >= 0.6 is 11.3 Å². The average molecular weight is 423 g/mol. The molecule has 0 aliphatic carbocycles. The van der Waals surface area contributed by atoms with Crippen molar-refractivity contribution in [2.24, 2.45) is 0 Å². The number of aromatic nitrogens is 3. The molecule has 0 bridgehead atoms. The fraction of sp³-hybridized carbons (Fsp3) is 0.182. The molecule has 2 aromatic heterocycles. The summed E-state index contributed by atoms with van der Waals surface area (Å²) in [4.78, 5) is 29.3. The van der Waals surface area contributed by atoms with Gasteiger partial charge >= 0.3 is 0 Å². The van der Waals surface area contributed by atoms with E-state index < -0.39 is 16.9 Å². The molecule has 8 heteroatoms.